The van der Waals surface area contributed by atoms with Gasteiger partial charge in [0, 0.05) is 16.8 Å². The fourth-order valence-electron chi connectivity index (χ4n) is 5.33. The number of aromatic nitrogens is 2. The van der Waals surface area contributed by atoms with Gasteiger partial charge in [-0.15, -0.1) is 6.58 Å². The molecule has 9 nitrogen and oxygen atoms in total. The van der Waals surface area contributed by atoms with Gasteiger partial charge in [0.15, 0.2) is 23.9 Å². The molecule has 5 aromatic rings. The van der Waals surface area contributed by atoms with E-state index in [4.69, 9.17) is 19.2 Å². The van der Waals surface area contributed by atoms with Crippen LogP contribution in [0.2, 0.25) is 0 Å². The van der Waals surface area contributed by atoms with Crippen LogP contribution < -0.4 is 25.1 Å². The molecule has 0 radical (unpaired) electrons. The van der Waals surface area contributed by atoms with Crippen molar-refractivity contribution in [3.63, 3.8) is 0 Å². The van der Waals surface area contributed by atoms with Crippen LogP contribution in [-0.2, 0) is 11.2 Å². The summed E-state index contributed by atoms with van der Waals surface area (Å²) < 4.78 is 18.6. The standard InChI is InChI=1S/C38H38N4O5/c1-7-13-27-19-26(20-34(46-6)36(27)47-23-35(43)40-28-14-9-8-10-15-28)22-39-42-37(41-32-17-12-11-16-29(32)38(42)44)31-21-30(24(2)3)33(45-5)18-25(31)4/h7-12,14-22,24H,1,13,23H2,2-6H3,(H,40,43). The van der Waals surface area contributed by atoms with Crippen molar-refractivity contribution < 1.29 is 19.0 Å². The number of benzene rings is 4. The number of carbonyl (C=O) groups is 1. The lowest BCUT2D eigenvalue weighted by Crippen LogP contribution is -2.21. The molecule has 47 heavy (non-hydrogen) atoms. The summed E-state index contributed by atoms with van der Waals surface area (Å²) in [6.45, 7) is 9.80. The lowest BCUT2D eigenvalue weighted by molar-refractivity contribution is -0.118. The molecule has 0 saturated heterocycles. The van der Waals surface area contributed by atoms with E-state index in [-0.39, 0.29) is 24.0 Å². The number of rotatable bonds is 12. The average molecular weight is 631 g/mol. The van der Waals surface area contributed by atoms with Gasteiger partial charge in [-0.1, -0.05) is 50.3 Å². The zero-order chi connectivity index (χ0) is 33.5. The molecule has 0 saturated carbocycles. The van der Waals surface area contributed by atoms with Gasteiger partial charge in [0.25, 0.3) is 11.5 Å². The van der Waals surface area contributed by atoms with E-state index in [1.54, 1.807) is 49.7 Å². The predicted molar refractivity (Wildman–Crippen MR) is 187 cm³/mol. The Kier molecular flexibility index (Phi) is 10.2. The first-order chi connectivity index (χ1) is 22.7. The Bertz CT molecular complexity index is 2020. The van der Waals surface area contributed by atoms with Crippen LogP contribution in [0.1, 0.15) is 42.0 Å². The topological polar surface area (TPSA) is 104 Å². The second-order valence-corrected chi connectivity index (χ2v) is 11.3. The summed E-state index contributed by atoms with van der Waals surface area (Å²) >= 11 is 0. The van der Waals surface area contributed by atoms with Crippen LogP contribution in [0.5, 0.6) is 17.2 Å². The highest BCUT2D eigenvalue weighted by Gasteiger charge is 2.19. The van der Waals surface area contributed by atoms with E-state index in [1.807, 2.05) is 55.5 Å². The highest BCUT2D eigenvalue weighted by atomic mass is 16.5. The van der Waals surface area contributed by atoms with Crippen molar-refractivity contribution in [3.05, 3.63) is 124 Å². The molecule has 1 heterocycles. The van der Waals surface area contributed by atoms with E-state index < -0.39 is 0 Å². The molecular formula is C38H38N4O5. The Morgan fingerprint density at radius 1 is 1.00 bits per heavy atom. The fourth-order valence-corrected chi connectivity index (χ4v) is 5.33. The first kappa shape index (κ1) is 32.7. The quantitative estimate of drug-likeness (QED) is 0.116. The molecule has 0 bridgehead atoms. The van der Waals surface area contributed by atoms with Crippen molar-refractivity contribution >= 4 is 28.7 Å². The molecule has 0 aliphatic carbocycles. The lowest BCUT2D eigenvalue weighted by atomic mass is 9.96. The lowest BCUT2D eigenvalue weighted by Gasteiger charge is -2.17. The highest BCUT2D eigenvalue weighted by molar-refractivity contribution is 5.92. The molecule has 1 aromatic heterocycles. The molecule has 0 fully saturated rings. The summed E-state index contributed by atoms with van der Waals surface area (Å²) in [6, 6.07) is 24.0. The molecule has 0 aliphatic rings. The molecule has 1 amide bonds. The van der Waals surface area contributed by atoms with E-state index in [0.29, 0.717) is 45.9 Å². The van der Waals surface area contributed by atoms with E-state index in [2.05, 4.69) is 30.8 Å². The normalized spacial score (nSPS) is 11.2. The number of ether oxygens (including phenoxy) is 3. The monoisotopic (exact) mass is 630 g/mol. The Morgan fingerprint density at radius 2 is 1.72 bits per heavy atom. The van der Waals surface area contributed by atoms with Crippen molar-refractivity contribution in [1.29, 1.82) is 0 Å². The summed E-state index contributed by atoms with van der Waals surface area (Å²) in [4.78, 5) is 31.4. The minimum absolute atomic E-state index is 0.175. The third-order valence-electron chi connectivity index (χ3n) is 7.66. The van der Waals surface area contributed by atoms with E-state index >= 15 is 0 Å². The van der Waals surface area contributed by atoms with Crippen molar-refractivity contribution in [3.8, 4) is 28.6 Å². The number of amides is 1. The number of aryl methyl sites for hydroxylation is 1. The van der Waals surface area contributed by atoms with Gasteiger partial charge in [-0.25, -0.2) is 4.98 Å². The van der Waals surface area contributed by atoms with E-state index in [9.17, 15) is 9.59 Å². The van der Waals surface area contributed by atoms with Crippen molar-refractivity contribution in [2.75, 3.05) is 26.1 Å². The predicted octanol–water partition coefficient (Wildman–Crippen LogP) is 7.14. The molecule has 1 N–H and O–H groups in total. The van der Waals surface area contributed by atoms with Crippen LogP contribution in [0, 0.1) is 6.92 Å². The Labute approximate surface area is 274 Å². The molecule has 0 spiro atoms. The Morgan fingerprint density at radius 3 is 2.43 bits per heavy atom. The van der Waals surface area contributed by atoms with Crippen molar-refractivity contribution in [2.24, 2.45) is 5.10 Å². The first-order valence-electron chi connectivity index (χ1n) is 15.3. The minimum atomic E-state index is -0.307. The van der Waals surface area contributed by atoms with Gasteiger partial charge in [-0.05, 0) is 84.5 Å². The fraction of sp³-hybridized carbons (Fsp3) is 0.211. The highest BCUT2D eigenvalue weighted by Crippen LogP contribution is 2.35. The summed E-state index contributed by atoms with van der Waals surface area (Å²) in [5.74, 6) is 1.90. The maximum Gasteiger partial charge on any atom is 0.282 e. The van der Waals surface area contributed by atoms with Crippen LogP contribution in [-0.4, -0.2) is 42.6 Å². The first-order valence-corrected chi connectivity index (χ1v) is 15.3. The van der Waals surface area contributed by atoms with Crippen molar-refractivity contribution in [2.45, 2.75) is 33.1 Å². The maximum absolute atomic E-state index is 13.9. The number of hydrogen-bond donors (Lipinski definition) is 1. The Balaban J connectivity index is 1.56. The Hall–Kier alpha value is -5.70. The largest absolute Gasteiger partial charge is 0.496 e. The zero-order valence-corrected chi connectivity index (χ0v) is 27.2. The van der Waals surface area contributed by atoms with Crippen LogP contribution in [0.3, 0.4) is 0 Å². The number of fused-ring (bicyclic) bond motifs is 1. The van der Waals surface area contributed by atoms with Gasteiger partial charge < -0.3 is 19.5 Å². The smallest absolute Gasteiger partial charge is 0.282 e. The van der Waals surface area contributed by atoms with Crippen LogP contribution in [0.4, 0.5) is 5.69 Å². The second kappa shape index (κ2) is 14.6. The van der Waals surface area contributed by atoms with Crippen LogP contribution in [0.25, 0.3) is 22.3 Å². The number of nitrogens with one attached hydrogen (secondary N) is 1. The van der Waals surface area contributed by atoms with Gasteiger partial charge >= 0.3 is 0 Å². The maximum atomic E-state index is 13.9. The van der Waals surface area contributed by atoms with Gasteiger partial charge in [0.1, 0.15) is 5.75 Å². The third kappa shape index (κ3) is 7.25. The average Bonchev–Trinajstić information content (AvgIpc) is 3.07. The van der Waals surface area contributed by atoms with Gasteiger partial charge in [-0.2, -0.15) is 9.78 Å². The van der Waals surface area contributed by atoms with Crippen LogP contribution >= 0.6 is 0 Å². The van der Waals surface area contributed by atoms with E-state index in [0.717, 1.165) is 28.0 Å². The summed E-state index contributed by atoms with van der Waals surface area (Å²) in [5.41, 5.74) is 5.01. The minimum Gasteiger partial charge on any atom is -0.496 e. The second-order valence-electron chi connectivity index (χ2n) is 11.3. The van der Waals surface area contributed by atoms with E-state index in [1.165, 1.54) is 11.8 Å². The van der Waals surface area contributed by atoms with Gasteiger partial charge in [0.2, 0.25) is 0 Å². The molecule has 0 atom stereocenters. The molecular weight excluding hydrogens is 592 g/mol. The number of allylic oxidation sites excluding steroid dienone is 1. The molecule has 0 aliphatic heterocycles. The van der Waals surface area contributed by atoms with Gasteiger partial charge in [0.05, 0.1) is 31.3 Å². The number of carbonyl (C=O) groups excluding carboxylic acids is 1. The summed E-state index contributed by atoms with van der Waals surface area (Å²) in [7, 11) is 3.18. The number of para-hydroxylation sites is 2. The molecule has 240 valence electrons. The van der Waals surface area contributed by atoms with Gasteiger partial charge in [-0.3, -0.25) is 9.59 Å². The van der Waals surface area contributed by atoms with Crippen molar-refractivity contribution in [1.82, 2.24) is 9.66 Å². The number of hydrogen-bond acceptors (Lipinski definition) is 7. The summed E-state index contributed by atoms with van der Waals surface area (Å²) in [5, 5.41) is 7.95. The SMILES string of the molecule is C=CCc1cc(C=Nn2c(-c3cc(C(C)C)c(OC)cc3C)nc3ccccc3c2=O)cc(OC)c1OCC(=O)Nc1ccccc1. The number of nitrogens with zero attached hydrogens (tertiary/aromatic N) is 3. The number of anilines is 1. The zero-order valence-electron chi connectivity index (χ0n) is 27.2. The van der Waals surface area contributed by atoms with Crippen LogP contribution in [0.15, 0.2) is 101 Å². The number of methoxy groups -OCH3 is 2. The summed E-state index contributed by atoms with van der Waals surface area (Å²) in [6.07, 6.45) is 3.77. The molecule has 5 rings (SSSR count). The molecule has 0 unspecified atom stereocenters. The molecule has 4 aromatic carbocycles. The third-order valence-corrected chi connectivity index (χ3v) is 7.66. The molecule has 9 heteroatoms.